The number of benzene rings is 2. The predicted octanol–water partition coefficient (Wildman–Crippen LogP) is 2.40. The molecule has 0 spiro atoms. The Balaban J connectivity index is 1.58. The fourth-order valence-corrected chi connectivity index (χ4v) is 2.62. The Kier molecular flexibility index (Phi) is 8.69. The molecule has 0 bridgehead atoms. The van der Waals surface area contributed by atoms with Crippen LogP contribution in [0.4, 0.5) is 0 Å². The van der Waals surface area contributed by atoms with Gasteiger partial charge in [-0.05, 0) is 30.5 Å². The molecule has 7 heteroatoms. The summed E-state index contributed by atoms with van der Waals surface area (Å²) in [7, 11) is 0. The van der Waals surface area contributed by atoms with Crippen molar-refractivity contribution in [1.82, 2.24) is 10.9 Å². The molecular weight excluding hydrogens is 372 g/mol. The SMILES string of the molecule is Cc1cccc(C)c1OCC(=O)NNC(=O)CCC(=O)OCCc1ccccc1. The molecular formula is C22H26N2O5. The molecule has 0 aromatic heterocycles. The van der Waals surface area contributed by atoms with E-state index in [9.17, 15) is 14.4 Å². The van der Waals surface area contributed by atoms with Crippen molar-refractivity contribution >= 4 is 17.8 Å². The van der Waals surface area contributed by atoms with E-state index in [4.69, 9.17) is 9.47 Å². The van der Waals surface area contributed by atoms with Gasteiger partial charge in [0.1, 0.15) is 5.75 Å². The van der Waals surface area contributed by atoms with Crippen LogP contribution < -0.4 is 15.6 Å². The first kappa shape index (κ1) is 21.9. The van der Waals surface area contributed by atoms with Crippen LogP contribution in [0.15, 0.2) is 48.5 Å². The van der Waals surface area contributed by atoms with E-state index in [1.54, 1.807) is 0 Å². The molecule has 7 nitrogen and oxygen atoms in total. The fraction of sp³-hybridized carbons (Fsp3) is 0.318. The van der Waals surface area contributed by atoms with Gasteiger partial charge in [0.2, 0.25) is 5.91 Å². The second kappa shape index (κ2) is 11.5. The van der Waals surface area contributed by atoms with Crippen LogP contribution in [-0.4, -0.2) is 31.0 Å². The number of aryl methyl sites for hydroxylation is 2. The van der Waals surface area contributed by atoms with Crippen LogP contribution in [0.5, 0.6) is 5.75 Å². The molecule has 0 unspecified atom stereocenters. The Morgan fingerprint density at radius 3 is 2.17 bits per heavy atom. The number of rotatable bonds is 9. The highest BCUT2D eigenvalue weighted by Crippen LogP contribution is 2.21. The second-order valence-electron chi connectivity index (χ2n) is 6.56. The van der Waals surface area contributed by atoms with Gasteiger partial charge in [-0.15, -0.1) is 0 Å². The number of hydrogen-bond acceptors (Lipinski definition) is 5. The summed E-state index contributed by atoms with van der Waals surface area (Å²) in [6.45, 7) is 3.81. The monoisotopic (exact) mass is 398 g/mol. The number of carbonyl (C=O) groups is 3. The number of nitrogens with one attached hydrogen (secondary N) is 2. The van der Waals surface area contributed by atoms with Crippen LogP contribution in [0.1, 0.15) is 29.5 Å². The maximum absolute atomic E-state index is 11.8. The van der Waals surface area contributed by atoms with Crippen LogP contribution in [0.2, 0.25) is 0 Å². The molecule has 2 amide bonds. The number of para-hydroxylation sites is 1. The van der Waals surface area contributed by atoms with Gasteiger partial charge in [0, 0.05) is 12.8 Å². The maximum atomic E-state index is 11.8. The third-order valence-electron chi connectivity index (χ3n) is 4.15. The van der Waals surface area contributed by atoms with Gasteiger partial charge in [-0.2, -0.15) is 0 Å². The summed E-state index contributed by atoms with van der Waals surface area (Å²) < 4.78 is 10.6. The zero-order valence-electron chi connectivity index (χ0n) is 16.7. The van der Waals surface area contributed by atoms with Gasteiger partial charge in [0.15, 0.2) is 6.61 Å². The van der Waals surface area contributed by atoms with Crippen LogP contribution in [0.3, 0.4) is 0 Å². The number of ether oxygens (including phenoxy) is 2. The van der Waals surface area contributed by atoms with Crippen molar-refractivity contribution in [3.05, 3.63) is 65.2 Å². The number of amides is 2. The zero-order chi connectivity index (χ0) is 21.1. The van der Waals surface area contributed by atoms with Gasteiger partial charge in [-0.3, -0.25) is 25.2 Å². The molecule has 0 fully saturated rings. The topological polar surface area (TPSA) is 93.7 Å². The molecule has 2 aromatic carbocycles. The van der Waals surface area contributed by atoms with Gasteiger partial charge in [-0.25, -0.2) is 0 Å². The molecule has 0 saturated carbocycles. The lowest BCUT2D eigenvalue weighted by Crippen LogP contribution is -2.44. The maximum Gasteiger partial charge on any atom is 0.306 e. The molecule has 2 aromatic rings. The van der Waals surface area contributed by atoms with E-state index in [1.807, 2.05) is 62.4 Å². The number of hydrazine groups is 1. The Morgan fingerprint density at radius 2 is 1.48 bits per heavy atom. The summed E-state index contributed by atoms with van der Waals surface area (Å²) in [4.78, 5) is 35.3. The summed E-state index contributed by atoms with van der Waals surface area (Å²) in [5.74, 6) is -0.787. The minimum Gasteiger partial charge on any atom is -0.483 e. The lowest BCUT2D eigenvalue weighted by Gasteiger charge is -2.12. The first-order chi connectivity index (χ1) is 14.0. The van der Waals surface area contributed by atoms with Crippen LogP contribution >= 0.6 is 0 Å². The lowest BCUT2D eigenvalue weighted by atomic mass is 10.1. The normalized spacial score (nSPS) is 10.1. The van der Waals surface area contributed by atoms with Crippen LogP contribution in [0.25, 0.3) is 0 Å². The minimum atomic E-state index is -0.494. The summed E-state index contributed by atoms with van der Waals surface area (Å²) in [5, 5.41) is 0. The minimum absolute atomic E-state index is 0.0601. The number of esters is 1. The lowest BCUT2D eigenvalue weighted by molar-refractivity contribution is -0.145. The first-order valence-electron chi connectivity index (χ1n) is 9.42. The predicted molar refractivity (Wildman–Crippen MR) is 108 cm³/mol. The van der Waals surface area contributed by atoms with Crippen molar-refractivity contribution in [3.8, 4) is 5.75 Å². The average Bonchev–Trinajstić information content (AvgIpc) is 2.71. The van der Waals surface area contributed by atoms with Crippen molar-refractivity contribution in [2.75, 3.05) is 13.2 Å². The van der Waals surface area contributed by atoms with E-state index in [2.05, 4.69) is 10.9 Å². The molecule has 0 aliphatic carbocycles. The standard InChI is InChI=1S/C22H26N2O5/c1-16-7-6-8-17(2)22(16)29-15-20(26)24-23-19(25)11-12-21(27)28-14-13-18-9-4-3-5-10-18/h3-10H,11-15H2,1-2H3,(H,23,25)(H,24,26). The molecule has 0 atom stereocenters. The van der Waals surface area contributed by atoms with Gasteiger partial charge in [-0.1, -0.05) is 48.5 Å². The van der Waals surface area contributed by atoms with E-state index in [1.165, 1.54) is 0 Å². The van der Waals surface area contributed by atoms with E-state index in [0.717, 1.165) is 16.7 Å². The van der Waals surface area contributed by atoms with Gasteiger partial charge >= 0.3 is 5.97 Å². The third kappa shape index (κ3) is 8.04. The highest BCUT2D eigenvalue weighted by atomic mass is 16.5. The quantitative estimate of drug-likeness (QED) is 0.500. The molecule has 2 N–H and O–H groups in total. The highest BCUT2D eigenvalue weighted by Gasteiger charge is 2.11. The van der Waals surface area contributed by atoms with Gasteiger partial charge in [0.05, 0.1) is 13.0 Å². The summed E-state index contributed by atoms with van der Waals surface area (Å²) in [5.41, 5.74) is 7.44. The summed E-state index contributed by atoms with van der Waals surface area (Å²) >= 11 is 0. The first-order valence-corrected chi connectivity index (χ1v) is 9.42. The largest absolute Gasteiger partial charge is 0.483 e. The van der Waals surface area contributed by atoms with Gasteiger partial charge in [0.25, 0.3) is 5.91 Å². The van der Waals surface area contributed by atoms with Crippen molar-refractivity contribution in [2.24, 2.45) is 0 Å². The summed E-state index contributed by atoms with van der Waals surface area (Å²) in [6, 6.07) is 15.4. The second-order valence-corrected chi connectivity index (χ2v) is 6.56. The van der Waals surface area contributed by atoms with Crippen molar-refractivity contribution in [3.63, 3.8) is 0 Å². The molecule has 0 saturated heterocycles. The highest BCUT2D eigenvalue weighted by molar-refractivity contribution is 5.84. The molecule has 154 valence electrons. The number of hydrogen-bond donors (Lipinski definition) is 2. The van der Waals surface area contributed by atoms with E-state index >= 15 is 0 Å². The Bertz CT molecular complexity index is 816. The molecule has 2 rings (SSSR count). The van der Waals surface area contributed by atoms with E-state index in [-0.39, 0.29) is 26.1 Å². The molecule has 0 heterocycles. The van der Waals surface area contributed by atoms with E-state index < -0.39 is 17.8 Å². The number of carbonyl (C=O) groups excluding carboxylic acids is 3. The van der Waals surface area contributed by atoms with Crippen molar-refractivity contribution in [1.29, 1.82) is 0 Å². The molecule has 29 heavy (non-hydrogen) atoms. The smallest absolute Gasteiger partial charge is 0.306 e. The Labute approximate surface area is 170 Å². The summed E-state index contributed by atoms with van der Waals surface area (Å²) in [6.07, 6.45) is 0.479. The molecule has 0 aliphatic rings. The third-order valence-corrected chi connectivity index (χ3v) is 4.15. The fourth-order valence-electron chi connectivity index (χ4n) is 2.62. The van der Waals surface area contributed by atoms with E-state index in [0.29, 0.717) is 12.2 Å². The molecule has 0 aliphatic heterocycles. The van der Waals surface area contributed by atoms with Crippen molar-refractivity contribution in [2.45, 2.75) is 33.1 Å². The van der Waals surface area contributed by atoms with Crippen LogP contribution in [-0.2, 0) is 25.5 Å². The van der Waals surface area contributed by atoms with Gasteiger partial charge < -0.3 is 9.47 Å². The molecule has 0 radical (unpaired) electrons. The van der Waals surface area contributed by atoms with Crippen molar-refractivity contribution < 1.29 is 23.9 Å². The Hall–Kier alpha value is -3.35. The average molecular weight is 398 g/mol. The zero-order valence-corrected chi connectivity index (χ0v) is 16.7. The Morgan fingerprint density at radius 1 is 0.828 bits per heavy atom. The van der Waals surface area contributed by atoms with Crippen LogP contribution in [0, 0.1) is 13.8 Å².